The van der Waals surface area contributed by atoms with Crippen molar-refractivity contribution in [3.63, 3.8) is 0 Å². The van der Waals surface area contributed by atoms with Crippen LogP contribution >= 0.6 is 0 Å². The fourth-order valence-electron chi connectivity index (χ4n) is 3.45. The van der Waals surface area contributed by atoms with Crippen molar-refractivity contribution >= 4 is 5.97 Å². The van der Waals surface area contributed by atoms with Crippen LogP contribution in [-0.4, -0.2) is 25.4 Å². The molecule has 2 aromatic carbocycles. The van der Waals surface area contributed by atoms with Crippen LogP contribution in [0.25, 0.3) is 11.1 Å². The van der Waals surface area contributed by atoms with Crippen molar-refractivity contribution in [2.45, 2.75) is 59.0 Å². The summed E-state index contributed by atoms with van der Waals surface area (Å²) < 4.78 is 3.32. The second kappa shape index (κ2) is 8.69. The Kier molecular flexibility index (Phi) is 6.25. The summed E-state index contributed by atoms with van der Waals surface area (Å²) in [6, 6.07) is 14.7. The molecule has 0 fully saturated rings. The summed E-state index contributed by atoms with van der Waals surface area (Å²) in [5.41, 5.74) is 2.27. The molecule has 0 unspecified atom stereocenters. The number of carboxylic acids is 1. The number of hydrogen-bond acceptors (Lipinski definition) is 3. The maximum atomic E-state index is 13.0. The first-order valence-electron chi connectivity index (χ1n) is 10.3. The molecule has 6 heteroatoms. The van der Waals surface area contributed by atoms with E-state index in [-0.39, 0.29) is 16.8 Å². The summed E-state index contributed by atoms with van der Waals surface area (Å²) in [6.45, 7) is 8.49. The Balaban J connectivity index is 1.93. The number of nitrogens with zero attached hydrogens (tertiary/aromatic N) is 3. The second-order valence-electron chi connectivity index (χ2n) is 8.52. The van der Waals surface area contributed by atoms with Crippen LogP contribution in [0.2, 0.25) is 0 Å². The van der Waals surface area contributed by atoms with Crippen LogP contribution < -0.4 is 5.69 Å². The molecule has 1 N–H and O–H groups in total. The number of carboxylic acid groups (broad SMARTS) is 1. The number of hydrogen-bond donors (Lipinski definition) is 1. The highest BCUT2D eigenvalue weighted by Gasteiger charge is 2.22. The lowest BCUT2D eigenvalue weighted by Gasteiger charge is -2.16. The van der Waals surface area contributed by atoms with E-state index in [0.717, 1.165) is 36.2 Å². The fourth-order valence-corrected chi connectivity index (χ4v) is 3.45. The minimum atomic E-state index is -0.948. The Morgan fingerprint density at radius 1 is 1.07 bits per heavy atom. The minimum absolute atomic E-state index is 0.103. The van der Waals surface area contributed by atoms with E-state index in [2.05, 4.69) is 12.0 Å². The smallest absolute Gasteiger partial charge is 0.346 e. The molecule has 3 rings (SSSR count). The van der Waals surface area contributed by atoms with Gasteiger partial charge in [-0.2, -0.15) is 5.10 Å². The molecule has 0 atom stereocenters. The summed E-state index contributed by atoms with van der Waals surface area (Å²) in [5, 5.41) is 14.0. The molecule has 3 aromatic rings. The van der Waals surface area contributed by atoms with Gasteiger partial charge in [0.25, 0.3) is 0 Å². The van der Waals surface area contributed by atoms with Gasteiger partial charge in [-0.05, 0) is 49.9 Å². The van der Waals surface area contributed by atoms with Gasteiger partial charge in [-0.3, -0.25) is 4.57 Å². The van der Waals surface area contributed by atoms with Crippen molar-refractivity contribution in [2.75, 3.05) is 0 Å². The van der Waals surface area contributed by atoms with E-state index in [1.165, 1.54) is 0 Å². The first-order valence-corrected chi connectivity index (χ1v) is 10.3. The van der Waals surface area contributed by atoms with Crippen molar-refractivity contribution in [1.29, 1.82) is 0 Å². The molecule has 0 bridgehead atoms. The van der Waals surface area contributed by atoms with Gasteiger partial charge in [0.05, 0.1) is 17.6 Å². The van der Waals surface area contributed by atoms with Gasteiger partial charge in [0.15, 0.2) is 0 Å². The lowest BCUT2D eigenvalue weighted by Crippen LogP contribution is -2.36. The summed E-state index contributed by atoms with van der Waals surface area (Å²) in [4.78, 5) is 24.5. The molecule has 0 aliphatic heterocycles. The molecule has 0 aliphatic rings. The molecule has 1 heterocycles. The second-order valence-corrected chi connectivity index (χ2v) is 8.52. The van der Waals surface area contributed by atoms with Crippen molar-refractivity contribution in [2.24, 2.45) is 0 Å². The van der Waals surface area contributed by atoms with Gasteiger partial charge in [0.2, 0.25) is 0 Å². The van der Waals surface area contributed by atoms with E-state index in [9.17, 15) is 14.7 Å². The maximum Gasteiger partial charge on any atom is 0.346 e. The van der Waals surface area contributed by atoms with Crippen molar-refractivity contribution in [3.8, 4) is 11.1 Å². The number of aromatic carboxylic acids is 1. The standard InChI is InChI=1S/C24H29N3O3/c1-5-6-11-21-25-27(24(2,3)4)23(30)26(21)16-17-12-14-18(15-13-17)19-9-7-8-10-20(19)22(28)29/h7-10,12-15H,5-6,11,16H2,1-4H3,(H,28,29). The number of benzene rings is 2. The average Bonchev–Trinajstić information content (AvgIpc) is 3.03. The summed E-state index contributed by atoms with van der Waals surface area (Å²) >= 11 is 0. The van der Waals surface area contributed by atoms with Gasteiger partial charge >= 0.3 is 11.7 Å². The number of aromatic nitrogens is 3. The molecule has 0 saturated carbocycles. The highest BCUT2D eigenvalue weighted by Crippen LogP contribution is 2.24. The van der Waals surface area contributed by atoms with Crippen LogP contribution in [0.5, 0.6) is 0 Å². The Morgan fingerprint density at radius 2 is 1.73 bits per heavy atom. The molecule has 1 aromatic heterocycles. The molecule has 30 heavy (non-hydrogen) atoms. The maximum absolute atomic E-state index is 13.0. The molecule has 158 valence electrons. The minimum Gasteiger partial charge on any atom is -0.478 e. The van der Waals surface area contributed by atoms with Gasteiger partial charge in [-0.25, -0.2) is 14.3 Å². The van der Waals surface area contributed by atoms with E-state index in [1.807, 2.05) is 51.1 Å². The van der Waals surface area contributed by atoms with Crippen LogP contribution in [0.15, 0.2) is 53.3 Å². The lowest BCUT2D eigenvalue weighted by molar-refractivity contribution is 0.0697. The summed E-state index contributed by atoms with van der Waals surface area (Å²) in [6.07, 6.45) is 2.78. The van der Waals surface area contributed by atoms with E-state index < -0.39 is 5.97 Å². The highest BCUT2D eigenvalue weighted by atomic mass is 16.4. The van der Waals surface area contributed by atoms with Crippen LogP contribution in [0.3, 0.4) is 0 Å². The number of unbranched alkanes of at least 4 members (excludes halogenated alkanes) is 1. The van der Waals surface area contributed by atoms with E-state index in [1.54, 1.807) is 27.4 Å². The molecule has 0 radical (unpaired) electrons. The third-order valence-electron chi connectivity index (χ3n) is 5.09. The predicted octanol–water partition coefficient (Wildman–Crippen LogP) is 4.56. The summed E-state index contributed by atoms with van der Waals surface area (Å²) in [5.74, 6) is -0.145. The van der Waals surface area contributed by atoms with Crippen LogP contribution in [0.4, 0.5) is 0 Å². The Hall–Kier alpha value is -3.15. The van der Waals surface area contributed by atoms with Gasteiger partial charge in [-0.15, -0.1) is 0 Å². The molecule has 0 amide bonds. The molecular formula is C24H29N3O3. The molecule has 0 aliphatic carbocycles. The van der Waals surface area contributed by atoms with Crippen LogP contribution in [-0.2, 0) is 18.5 Å². The first kappa shape index (κ1) is 21.6. The molecule has 6 nitrogen and oxygen atoms in total. The number of rotatable bonds is 7. The first-order chi connectivity index (χ1) is 14.2. The topological polar surface area (TPSA) is 77.1 Å². The average molecular weight is 408 g/mol. The Bertz CT molecular complexity index is 1090. The third kappa shape index (κ3) is 4.53. The molecular weight excluding hydrogens is 378 g/mol. The summed E-state index contributed by atoms with van der Waals surface area (Å²) in [7, 11) is 0. The van der Waals surface area contributed by atoms with Crippen molar-refractivity contribution < 1.29 is 9.90 Å². The zero-order valence-corrected chi connectivity index (χ0v) is 18.1. The van der Waals surface area contributed by atoms with Gasteiger partial charge in [0, 0.05) is 6.42 Å². The lowest BCUT2D eigenvalue weighted by atomic mass is 9.99. The van der Waals surface area contributed by atoms with Gasteiger partial charge in [0.1, 0.15) is 5.82 Å². The highest BCUT2D eigenvalue weighted by molar-refractivity contribution is 5.95. The SMILES string of the molecule is CCCCc1nn(C(C)(C)C)c(=O)n1Cc1ccc(-c2ccccc2C(=O)O)cc1. The van der Waals surface area contributed by atoms with Gasteiger partial charge < -0.3 is 5.11 Å². The normalized spacial score (nSPS) is 11.6. The monoisotopic (exact) mass is 407 g/mol. The largest absolute Gasteiger partial charge is 0.478 e. The fraction of sp³-hybridized carbons (Fsp3) is 0.375. The molecule has 0 saturated heterocycles. The third-order valence-corrected chi connectivity index (χ3v) is 5.09. The van der Waals surface area contributed by atoms with E-state index in [0.29, 0.717) is 12.1 Å². The Labute approximate surface area is 176 Å². The van der Waals surface area contributed by atoms with E-state index >= 15 is 0 Å². The Morgan fingerprint density at radius 3 is 2.33 bits per heavy atom. The van der Waals surface area contributed by atoms with Crippen LogP contribution in [0, 0.1) is 0 Å². The van der Waals surface area contributed by atoms with E-state index in [4.69, 9.17) is 0 Å². The zero-order chi connectivity index (χ0) is 21.9. The number of carbonyl (C=O) groups is 1. The van der Waals surface area contributed by atoms with Crippen molar-refractivity contribution in [1.82, 2.24) is 14.3 Å². The predicted molar refractivity (Wildman–Crippen MR) is 118 cm³/mol. The van der Waals surface area contributed by atoms with Crippen LogP contribution in [0.1, 0.15) is 62.3 Å². The number of aryl methyl sites for hydroxylation is 1. The van der Waals surface area contributed by atoms with Crippen molar-refractivity contribution in [3.05, 3.63) is 76.0 Å². The zero-order valence-electron chi connectivity index (χ0n) is 18.1. The van der Waals surface area contributed by atoms with Gasteiger partial charge in [-0.1, -0.05) is 55.8 Å². The molecule has 0 spiro atoms. The quantitative estimate of drug-likeness (QED) is 0.623.